The summed E-state index contributed by atoms with van der Waals surface area (Å²) in [5, 5.41) is 65.6. The predicted molar refractivity (Wildman–Crippen MR) is 556 cm³/mol. The van der Waals surface area contributed by atoms with Crippen molar-refractivity contribution in [3.8, 4) is 69.0 Å². The highest BCUT2D eigenvalue weighted by atomic mass is 16.5. The molecular weight excluding hydrogens is 1770 g/mol. The highest BCUT2D eigenvalue weighted by molar-refractivity contribution is 5.55. The zero-order chi connectivity index (χ0) is 141. The Labute approximate surface area is 904 Å². The van der Waals surface area contributed by atoms with Gasteiger partial charge in [0.1, 0.15) is 0 Å². The summed E-state index contributed by atoms with van der Waals surface area (Å²) in [6.45, 7) is 8.35. The van der Waals surface area contributed by atoms with Crippen molar-refractivity contribution in [3.63, 3.8) is 0 Å². The largest absolute Gasteiger partial charge is 0.493 e. The second-order valence-electron chi connectivity index (χ2n) is 40.5. The van der Waals surface area contributed by atoms with E-state index in [1.807, 2.05) is 26.0 Å². The molecule has 0 amide bonds. The van der Waals surface area contributed by atoms with Crippen LogP contribution in [0, 0.1) is 70.0 Å². The lowest BCUT2D eigenvalue weighted by Crippen LogP contribution is -2.48. The summed E-state index contributed by atoms with van der Waals surface area (Å²) >= 11 is 0. The van der Waals surface area contributed by atoms with Gasteiger partial charge in [-0.1, -0.05) is 96.6 Å². The summed E-state index contributed by atoms with van der Waals surface area (Å²) in [6, 6.07) is 11.5. The van der Waals surface area contributed by atoms with E-state index in [9.17, 15) is 32.0 Å². The molecule has 12 aliphatic heterocycles. The second-order valence-corrected chi connectivity index (χ2v) is 40.5. The lowest BCUT2D eigenvalue weighted by Gasteiger charge is -2.47. The van der Waals surface area contributed by atoms with Crippen LogP contribution >= 0.6 is 0 Å². The SMILES string of the molecule is [2H]C([2H])([2H])Oc1cc2c(cc1OC([2H])([2H])[2H])C1N(CC2)CC([2H])(C([2H])([2H])C(C)(C([2H])([2H])[2H])C([2H])([2H])[2H])C([2H])(O)C1([2H])[2H].[2H]C([2H])([2H])Oc1cc2c(cc1OC([2H])([2H])[2H])C1N(CC2)CC([2H])(CC(C)C)C([2H])(O)C1([2H])[2H].[2H]C([2H])([2H])Oc1cc2c(cc1OC)C1([2H])CC(O)C(CC(C)C)CN1CC2.[2H]C([2H])([2H])Oc1cc2c(cc1OC)CCN1CC(CC(C)C)C(O)CC21[2H].[2H]C12CC(O)C(C([2H])([2H])C(C)(C([2H])([2H])[2H])C([2H])([2H])[2H])CN1CCc1cc(OC)c(OC)cc12.[2H]C12CC(O)C(CC(C)C)CN1CCc1cc(OC)c(OC)cc12. The van der Waals surface area contributed by atoms with Gasteiger partial charge in [0.15, 0.2) is 69.0 Å². The highest BCUT2D eigenvalue weighted by Gasteiger charge is 2.47. The molecule has 0 radical (unpaired) electrons. The number of hydrogen-bond donors (Lipinski definition) is 6. The summed E-state index contributed by atoms with van der Waals surface area (Å²) in [5.41, 5.74) is 1.66. The van der Waals surface area contributed by atoms with Crippen LogP contribution < -0.4 is 56.8 Å². The molecule has 6 N–H and O–H groups in total. The smallest absolute Gasteiger partial charge is 0.161 e. The van der Waals surface area contributed by atoms with E-state index in [0.29, 0.717) is 147 Å². The number of ether oxygens (including phenoxy) is 12. The van der Waals surface area contributed by atoms with Gasteiger partial charge in [-0.15, -0.1) is 0 Å². The van der Waals surface area contributed by atoms with Crippen molar-refractivity contribution in [2.75, 3.05) is 163 Å². The van der Waals surface area contributed by atoms with Crippen molar-refractivity contribution in [1.82, 2.24) is 29.4 Å². The first-order valence-electron chi connectivity index (χ1n) is 71.6. The maximum Gasteiger partial charge on any atom is 0.161 e. The van der Waals surface area contributed by atoms with Gasteiger partial charge in [-0.3, -0.25) is 29.4 Å². The molecule has 140 heavy (non-hydrogen) atoms. The molecule has 24 nitrogen and oxygen atoms in total. The average Bonchev–Trinajstić information content (AvgIpc) is 0.664. The minimum atomic E-state index is -3.80. The lowest BCUT2D eigenvalue weighted by molar-refractivity contribution is -0.0259. The van der Waals surface area contributed by atoms with Crippen LogP contribution in [0.25, 0.3) is 0 Å². The third-order valence-electron chi connectivity index (χ3n) is 28.4. The molecule has 0 bridgehead atoms. The number of methoxy groups -OCH3 is 12. The van der Waals surface area contributed by atoms with Gasteiger partial charge in [-0.25, -0.2) is 0 Å². The molecule has 6 aromatic carbocycles. The molecule has 780 valence electrons. The fourth-order valence-electron chi connectivity index (χ4n) is 21.9. The van der Waals surface area contributed by atoms with Crippen LogP contribution in [0.15, 0.2) is 72.8 Å². The van der Waals surface area contributed by atoms with E-state index in [4.69, 9.17) is 119 Å². The number of fused-ring (bicyclic) bond motifs is 18. The van der Waals surface area contributed by atoms with E-state index in [1.54, 1.807) is 60.4 Å². The quantitative estimate of drug-likeness (QED) is 0.0369. The minimum Gasteiger partial charge on any atom is -0.493 e. The maximum atomic E-state index is 11.4. The Balaban J connectivity index is 0.000000182. The second kappa shape index (κ2) is 48.6. The molecule has 6 aromatic rings. The molecule has 0 aliphatic carbocycles. The van der Waals surface area contributed by atoms with Gasteiger partial charge in [0, 0.05) is 145 Å². The van der Waals surface area contributed by atoms with E-state index >= 15 is 0 Å². The number of nitrogens with zero attached hydrogens (tertiary/aromatic N) is 6. The summed E-state index contributed by atoms with van der Waals surface area (Å²) in [4.78, 5) is 11.0. The number of piperidine rings is 6. The fraction of sp³-hybridized carbons (Fsp3) is 0.690. The summed E-state index contributed by atoms with van der Waals surface area (Å²) in [6.07, 6.45) is -14.9. The van der Waals surface area contributed by atoms with Crippen LogP contribution in [-0.4, -0.2) is 260 Å². The first kappa shape index (κ1) is 63.1. The van der Waals surface area contributed by atoms with E-state index in [2.05, 4.69) is 56.2 Å². The minimum absolute atomic E-state index is 0.0291. The molecule has 18 unspecified atom stereocenters. The monoisotopic (exact) mass is 1990 g/mol. The Hall–Kier alpha value is -7.56. The van der Waals surface area contributed by atoms with Crippen molar-refractivity contribution >= 4 is 0 Å². The van der Waals surface area contributed by atoms with Crippen molar-refractivity contribution < 1.29 is 151 Å². The van der Waals surface area contributed by atoms with E-state index in [0.717, 1.165) is 109 Å². The molecule has 18 atom stereocenters. The van der Waals surface area contributed by atoms with Crippen molar-refractivity contribution in [2.24, 2.45) is 70.0 Å². The lowest BCUT2D eigenvalue weighted by atomic mass is 9.75. The first-order chi connectivity index (χ1) is 84.5. The molecular formula is C116H178N6O18. The van der Waals surface area contributed by atoms with Gasteiger partial charge in [-0.05, 0) is 325 Å². The van der Waals surface area contributed by atoms with Crippen molar-refractivity contribution in [1.29, 1.82) is 0 Å². The van der Waals surface area contributed by atoms with E-state index in [-0.39, 0.29) is 96.5 Å². The molecule has 18 rings (SSSR count). The predicted octanol–water partition coefficient (Wildman–Crippen LogP) is 19.0. The summed E-state index contributed by atoms with van der Waals surface area (Å²) < 4.78 is 431. The molecule has 0 spiro atoms. The zero-order valence-corrected chi connectivity index (χ0v) is 83.7. The number of aliphatic hydroxyl groups excluding tert-OH is 4. The van der Waals surface area contributed by atoms with Crippen molar-refractivity contribution in [3.05, 3.63) is 140 Å². The molecule has 12 aliphatic rings. The third kappa shape index (κ3) is 26.3. The Kier molecular flexibility index (Phi) is 21.9. The Morgan fingerprint density at radius 3 is 0.814 bits per heavy atom. The number of rotatable bonds is 22. The number of aliphatic hydroxyl groups is 6. The normalized spacial score (nSPS) is 38.3. The van der Waals surface area contributed by atoms with Gasteiger partial charge in [0.05, 0.1) is 154 Å². The average molecular weight is 1990 g/mol. The highest BCUT2D eigenvalue weighted by Crippen LogP contribution is 2.53. The van der Waals surface area contributed by atoms with Gasteiger partial charge in [0.2, 0.25) is 0 Å². The van der Waals surface area contributed by atoms with Crippen LogP contribution in [0.4, 0.5) is 0 Å². The van der Waals surface area contributed by atoms with E-state index < -0.39 is 220 Å². The molecule has 6 saturated heterocycles. The van der Waals surface area contributed by atoms with Gasteiger partial charge < -0.3 is 87.5 Å². The Morgan fingerprint density at radius 2 is 0.536 bits per heavy atom. The summed E-state index contributed by atoms with van der Waals surface area (Å²) in [5.74, 6) is -3.04. The topological polar surface area (TPSA) is 252 Å². The van der Waals surface area contributed by atoms with Crippen LogP contribution in [0.2, 0.25) is 0 Å². The Bertz CT molecular complexity index is 7070. The molecule has 24 heteroatoms. The third-order valence-corrected chi connectivity index (χ3v) is 28.4. The zero-order valence-electron chi connectivity index (χ0n) is 130. The standard InChI is InChI=1S/2C20H31NO3.4C19H29NO3/c2*1-20(2,3)11-14-12-21-7-6-13-8-18(23-4)19(24-5)9-15(13)16(21)10-17(14)22;4*1-12(2)7-14-11-20-6-5-13-8-18(22-3)19(23-4)9-15(13)16(20)10-17(14)21/h2*8-9,14,16-17,22H,6-7,10-12H2,1-5H3;4*8-9,12,14,16-17,21H,5-7,10-11H2,1-4H3/i1D3,2D3,4D3,5D3,10D2,11D2,14D,17D;1D3,2D3,11D2,16D;3D3,4D3,10D2,14D,17D;4D3,16D;3D3,16D;16D. The molecule has 12 heterocycles. The maximum absolute atomic E-state index is 11.4. The van der Waals surface area contributed by atoms with Gasteiger partial charge in [-0.2, -0.15) is 0 Å². The first-order valence-corrected chi connectivity index (χ1v) is 48.6. The molecule has 0 aromatic heterocycles. The number of benzene rings is 6. The van der Waals surface area contributed by atoms with Crippen LogP contribution in [0.5, 0.6) is 69.0 Å². The van der Waals surface area contributed by atoms with E-state index in [1.165, 1.54) is 40.6 Å². The van der Waals surface area contributed by atoms with Gasteiger partial charge in [0.25, 0.3) is 0 Å². The van der Waals surface area contributed by atoms with Crippen molar-refractivity contribution in [2.45, 2.75) is 285 Å². The fourth-order valence-corrected chi connectivity index (χ4v) is 21.9. The molecule has 0 saturated carbocycles. The molecule has 6 fully saturated rings. The summed E-state index contributed by atoms with van der Waals surface area (Å²) in [7, 11) is -7.92. The van der Waals surface area contributed by atoms with Crippen LogP contribution in [0.3, 0.4) is 0 Å². The van der Waals surface area contributed by atoms with Crippen LogP contribution in [-0.2, 0) is 38.5 Å². The van der Waals surface area contributed by atoms with Gasteiger partial charge >= 0.3 is 0 Å². The number of hydrogen-bond acceptors (Lipinski definition) is 24. The van der Waals surface area contributed by atoms with Crippen LogP contribution in [0.1, 0.15) is 339 Å². The Morgan fingerprint density at radius 1 is 0.307 bits per heavy atom.